The number of hydrogen-bond donors (Lipinski definition) is 2. The lowest BCUT2D eigenvalue weighted by atomic mass is 10.1. The molecule has 0 saturated heterocycles. The molecular weight excluding hydrogens is 419 g/mol. The van der Waals surface area contributed by atoms with E-state index in [2.05, 4.69) is 43.8 Å². The number of carbonyl (C=O) groups excluding carboxylic acids is 1. The Balaban J connectivity index is 2.28. The van der Waals surface area contributed by atoms with Crippen LogP contribution in [0.1, 0.15) is 15.9 Å². The van der Waals surface area contributed by atoms with Crippen molar-refractivity contribution in [2.75, 3.05) is 11.1 Å². The molecule has 3 nitrogen and oxygen atoms in total. The normalized spacial score (nSPS) is 10.3. The van der Waals surface area contributed by atoms with Crippen LogP contribution in [0.15, 0.2) is 40.9 Å². The maximum atomic E-state index is 12.3. The number of amides is 1. The second-order valence-electron chi connectivity index (χ2n) is 4.13. The summed E-state index contributed by atoms with van der Waals surface area (Å²) in [5.74, 6) is -0.126. The molecule has 0 aliphatic rings. The maximum Gasteiger partial charge on any atom is 0.256 e. The minimum absolute atomic E-state index is 0.126. The van der Waals surface area contributed by atoms with Crippen molar-refractivity contribution >= 4 is 55.8 Å². The first-order valence-corrected chi connectivity index (χ1v) is 7.47. The van der Waals surface area contributed by atoms with Crippen LogP contribution in [0.25, 0.3) is 0 Å². The van der Waals surface area contributed by atoms with E-state index in [1.807, 2.05) is 25.1 Å². The summed E-state index contributed by atoms with van der Waals surface area (Å²) in [5, 5.41) is 2.88. The van der Waals surface area contributed by atoms with Gasteiger partial charge in [0, 0.05) is 13.7 Å². The third-order valence-corrected chi connectivity index (χ3v) is 4.77. The maximum absolute atomic E-state index is 12.3. The second-order valence-corrected chi connectivity index (χ2v) is 6.06. The number of nitrogens with two attached hydrogens (primary N) is 1. The Morgan fingerprint density at radius 1 is 1.32 bits per heavy atom. The van der Waals surface area contributed by atoms with Crippen LogP contribution < -0.4 is 11.1 Å². The van der Waals surface area contributed by atoms with Crippen molar-refractivity contribution in [2.24, 2.45) is 0 Å². The van der Waals surface area contributed by atoms with Crippen molar-refractivity contribution < 1.29 is 4.79 Å². The van der Waals surface area contributed by atoms with Crippen molar-refractivity contribution in [2.45, 2.75) is 6.92 Å². The number of benzene rings is 2. The SMILES string of the molecule is Cc1cccc(C(=O)Nc2ccc(N)cc2Br)c1I. The number of halogens is 2. The highest BCUT2D eigenvalue weighted by molar-refractivity contribution is 14.1. The zero-order valence-corrected chi connectivity index (χ0v) is 13.9. The van der Waals surface area contributed by atoms with Gasteiger partial charge in [-0.1, -0.05) is 12.1 Å². The average Bonchev–Trinajstić information content (AvgIpc) is 2.36. The summed E-state index contributed by atoms with van der Waals surface area (Å²) in [6.07, 6.45) is 0. The van der Waals surface area contributed by atoms with Crippen molar-refractivity contribution in [3.63, 3.8) is 0 Å². The van der Waals surface area contributed by atoms with Gasteiger partial charge in [-0.3, -0.25) is 4.79 Å². The Morgan fingerprint density at radius 3 is 2.74 bits per heavy atom. The summed E-state index contributed by atoms with van der Waals surface area (Å²) in [5.41, 5.74) is 8.78. The highest BCUT2D eigenvalue weighted by atomic mass is 127. The van der Waals surface area contributed by atoms with Crippen molar-refractivity contribution in [3.05, 3.63) is 55.6 Å². The van der Waals surface area contributed by atoms with Gasteiger partial charge >= 0.3 is 0 Å². The number of hydrogen-bond acceptors (Lipinski definition) is 2. The highest BCUT2D eigenvalue weighted by Gasteiger charge is 2.12. The van der Waals surface area contributed by atoms with Crippen LogP contribution in [0.2, 0.25) is 0 Å². The molecule has 3 N–H and O–H groups in total. The van der Waals surface area contributed by atoms with Gasteiger partial charge in [0.15, 0.2) is 0 Å². The zero-order valence-electron chi connectivity index (χ0n) is 10.2. The Kier molecular flexibility index (Phi) is 4.46. The standard InChI is InChI=1S/C14H12BrIN2O/c1-8-3-2-4-10(13(8)16)14(19)18-12-6-5-9(17)7-11(12)15/h2-7H,17H2,1H3,(H,18,19). The van der Waals surface area contributed by atoms with E-state index in [1.54, 1.807) is 18.2 Å². The van der Waals surface area contributed by atoms with E-state index in [9.17, 15) is 4.79 Å². The molecule has 98 valence electrons. The first-order valence-electron chi connectivity index (χ1n) is 5.60. The third-order valence-electron chi connectivity index (χ3n) is 2.68. The molecule has 1 amide bonds. The molecule has 0 atom stereocenters. The highest BCUT2D eigenvalue weighted by Crippen LogP contribution is 2.26. The van der Waals surface area contributed by atoms with Crippen LogP contribution >= 0.6 is 38.5 Å². The van der Waals surface area contributed by atoms with Crippen LogP contribution in [0.5, 0.6) is 0 Å². The summed E-state index contributed by atoms with van der Waals surface area (Å²) >= 11 is 5.57. The topological polar surface area (TPSA) is 55.1 Å². The zero-order chi connectivity index (χ0) is 14.0. The van der Waals surface area contributed by atoms with Gasteiger partial charge in [-0.15, -0.1) is 0 Å². The molecule has 0 radical (unpaired) electrons. The van der Waals surface area contributed by atoms with Crippen molar-refractivity contribution in [1.29, 1.82) is 0 Å². The van der Waals surface area contributed by atoms with Gasteiger partial charge in [-0.25, -0.2) is 0 Å². The fourth-order valence-corrected chi connectivity index (χ4v) is 2.75. The smallest absolute Gasteiger partial charge is 0.256 e. The number of aryl methyl sites for hydroxylation is 1. The fourth-order valence-electron chi connectivity index (χ4n) is 1.65. The Hall–Kier alpha value is -1.08. The van der Waals surface area contributed by atoms with E-state index in [4.69, 9.17) is 5.73 Å². The molecule has 0 heterocycles. The molecule has 19 heavy (non-hydrogen) atoms. The lowest BCUT2D eigenvalue weighted by molar-refractivity contribution is 0.102. The van der Waals surface area contributed by atoms with E-state index in [1.165, 1.54) is 0 Å². The molecule has 2 aromatic carbocycles. The number of nitrogen functional groups attached to an aromatic ring is 1. The van der Waals surface area contributed by atoms with Crippen LogP contribution in [-0.2, 0) is 0 Å². The third kappa shape index (κ3) is 3.27. The second kappa shape index (κ2) is 5.92. The Labute approximate surface area is 133 Å². The molecule has 2 rings (SSSR count). The minimum atomic E-state index is -0.126. The van der Waals surface area contributed by atoms with Crippen LogP contribution in [0.3, 0.4) is 0 Å². The summed E-state index contributed by atoms with van der Waals surface area (Å²) in [6, 6.07) is 11.0. The minimum Gasteiger partial charge on any atom is -0.399 e. The van der Waals surface area contributed by atoms with Gasteiger partial charge in [0.05, 0.1) is 11.3 Å². The van der Waals surface area contributed by atoms with Gasteiger partial charge in [0.25, 0.3) is 5.91 Å². The summed E-state index contributed by atoms with van der Waals surface area (Å²) in [6.45, 7) is 1.98. The Morgan fingerprint density at radius 2 is 2.05 bits per heavy atom. The molecule has 0 saturated carbocycles. The molecule has 0 spiro atoms. The summed E-state index contributed by atoms with van der Waals surface area (Å²) in [4.78, 5) is 12.3. The number of rotatable bonds is 2. The summed E-state index contributed by atoms with van der Waals surface area (Å²) < 4.78 is 1.73. The predicted octanol–water partition coefficient (Wildman–Crippen LogP) is 4.20. The molecule has 0 aromatic heterocycles. The largest absolute Gasteiger partial charge is 0.399 e. The molecule has 0 unspecified atom stereocenters. The van der Waals surface area contributed by atoms with Gasteiger partial charge in [0.1, 0.15) is 0 Å². The molecule has 0 aliphatic carbocycles. The van der Waals surface area contributed by atoms with E-state index < -0.39 is 0 Å². The van der Waals surface area contributed by atoms with Gasteiger partial charge in [-0.05, 0) is 75.3 Å². The fraction of sp³-hybridized carbons (Fsp3) is 0.0714. The molecule has 5 heteroatoms. The van der Waals surface area contributed by atoms with Crippen LogP contribution in [0.4, 0.5) is 11.4 Å². The van der Waals surface area contributed by atoms with E-state index in [-0.39, 0.29) is 5.91 Å². The number of anilines is 2. The Bertz CT molecular complexity index is 643. The average molecular weight is 431 g/mol. The number of nitrogens with one attached hydrogen (secondary N) is 1. The van der Waals surface area contributed by atoms with Crippen molar-refractivity contribution in [3.8, 4) is 0 Å². The molecule has 2 aromatic rings. The monoisotopic (exact) mass is 430 g/mol. The quantitative estimate of drug-likeness (QED) is 0.554. The molecule has 0 bridgehead atoms. The van der Waals surface area contributed by atoms with E-state index >= 15 is 0 Å². The first-order chi connectivity index (χ1) is 8.99. The van der Waals surface area contributed by atoms with E-state index in [0.29, 0.717) is 16.9 Å². The van der Waals surface area contributed by atoms with E-state index in [0.717, 1.165) is 13.6 Å². The van der Waals surface area contributed by atoms with Crippen LogP contribution in [0, 0.1) is 10.5 Å². The lowest BCUT2D eigenvalue weighted by Crippen LogP contribution is -2.14. The predicted molar refractivity (Wildman–Crippen MR) is 90.4 cm³/mol. The van der Waals surface area contributed by atoms with Gasteiger partial charge < -0.3 is 11.1 Å². The van der Waals surface area contributed by atoms with Crippen molar-refractivity contribution in [1.82, 2.24) is 0 Å². The van der Waals surface area contributed by atoms with Gasteiger partial charge in [-0.2, -0.15) is 0 Å². The molecule has 0 fully saturated rings. The number of carbonyl (C=O) groups is 1. The first kappa shape index (κ1) is 14.3. The molecular formula is C14H12BrIN2O. The summed E-state index contributed by atoms with van der Waals surface area (Å²) in [7, 11) is 0. The van der Waals surface area contributed by atoms with Crippen LogP contribution in [-0.4, -0.2) is 5.91 Å². The molecule has 0 aliphatic heterocycles. The lowest BCUT2D eigenvalue weighted by Gasteiger charge is -2.10. The van der Waals surface area contributed by atoms with Gasteiger partial charge in [0.2, 0.25) is 0 Å².